The van der Waals surface area contributed by atoms with Gasteiger partial charge in [-0.15, -0.1) is 0 Å². The van der Waals surface area contributed by atoms with Gasteiger partial charge in [0.05, 0.1) is 37.0 Å². The highest BCUT2D eigenvalue weighted by molar-refractivity contribution is 14.1. The highest BCUT2D eigenvalue weighted by Gasteiger charge is 2.40. The highest BCUT2D eigenvalue weighted by Crippen LogP contribution is 2.37. The van der Waals surface area contributed by atoms with Crippen molar-refractivity contribution >= 4 is 34.4 Å². The molecular formula is C31H41IN2O8. The molecule has 11 heteroatoms. The van der Waals surface area contributed by atoms with Crippen LogP contribution in [0, 0.1) is 3.57 Å². The molecular weight excluding hydrogens is 655 g/mol. The molecule has 230 valence electrons. The molecule has 2 aromatic rings. The number of hydrogen-bond acceptors (Lipinski definition) is 8. The van der Waals surface area contributed by atoms with Crippen LogP contribution in [0.3, 0.4) is 0 Å². The van der Waals surface area contributed by atoms with E-state index in [0.717, 1.165) is 12.0 Å². The van der Waals surface area contributed by atoms with Gasteiger partial charge in [0.25, 0.3) is 0 Å². The van der Waals surface area contributed by atoms with Crippen LogP contribution in [0.2, 0.25) is 0 Å². The summed E-state index contributed by atoms with van der Waals surface area (Å²) in [6, 6.07) is 10.2. The van der Waals surface area contributed by atoms with Crippen LogP contribution in [0.4, 0.5) is 0 Å². The van der Waals surface area contributed by atoms with Crippen molar-refractivity contribution in [1.82, 2.24) is 10.2 Å². The third-order valence-electron chi connectivity index (χ3n) is 7.22. The smallest absolute Gasteiger partial charge is 0.247 e. The third kappa shape index (κ3) is 8.59. The first-order valence-electron chi connectivity index (χ1n) is 14.1. The molecule has 0 fully saturated rings. The molecule has 3 rings (SSSR count). The monoisotopic (exact) mass is 696 g/mol. The maximum Gasteiger partial charge on any atom is 0.247 e. The maximum atomic E-state index is 13.6. The average Bonchev–Trinajstić information content (AvgIpc) is 3.00. The number of carbonyl (C=O) groups is 2. The summed E-state index contributed by atoms with van der Waals surface area (Å²) >= 11 is 2.07. The first kappa shape index (κ1) is 33.6. The molecule has 0 saturated heterocycles. The lowest BCUT2D eigenvalue weighted by atomic mass is 9.87. The predicted octanol–water partition coefficient (Wildman–Crippen LogP) is 2.98. The minimum atomic E-state index is -1.17. The number of methoxy groups -OCH3 is 2. The second-order valence-corrected chi connectivity index (χ2v) is 11.2. The molecule has 2 aromatic carbocycles. The van der Waals surface area contributed by atoms with Gasteiger partial charge in [-0.1, -0.05) is 31.5 Å². The molecule has 1 aliphatic carbocycles. The van der Waals surface area contributed by atoms with E-state index in [1.54, 1.807) is 30.2 Å². The zero-order valence-corrected chi connectivity index (χ0v) is 26.5. The number of para-hydroxylation sites is 1. The zero-order valence-electron chi connectivity index (χ0n) is 24.3. The van der Waals surface area contributed by atoms with Crippen LogP contribution in [-0.4, -0.2) is 84.2 Å². The molecule has 0 aliphatic heterocycles. The normalized spacial score (nSPS) is 18.2. The number of carbonyl (C=O) groups excluding carboxylic acids is 2. The lowest BCUT2D eigenvalue weighted by Gasteiger charge is -2.41. The predicted molar refractivity (Wildman–Crippen MR) is 167 cm³/mol. The Labute approximate surface area is 260 Å². The summed E-state index contributed by atoms with van der Waals surface area (Å²) in [7, 11) is 3.08. The largest absolute Gasteiger partial charge is 0.496 e. The third-order valence-corrected chi connectivity index (χ3v) is 8.02. The molecule has 42 heavy (non-hydrogen) atoms. The fourth-order valence-electron chi connectivity index (χ4n) is 4.99. The fourth-order valence-corrected chi connectivity index (χ4v) is 5.78. The van der Waals surface area contributed by atoms with Crippen molar-refractivity contribution < 1.29 is 39.1 Å². The summed E-state index contributed by atoms with van der Waals surface area (Å²) in [4.78, 5) is 28.4. The van der Waals surface area contributed by atoms with Crippen molar-refractivity contribution in [2.24, 2.45) is 0 Å². The molecule has 0 bridgehead atoms. The number of nitrogens with one attached hydrogen (secondary N) is 1. The van der Waals surface area contributed by atoms with Gasteiger partial charge in [-0.05, 0) is 70.8 Å². The number of halogens is 1. The second-order valence-electron chi connectivity index (χ2n) is 10.0. The van der Waals surface area contributed by atoms with E-state index in [2.05, 4.69) is 27.9 Å². The van der Waals surface area contributed by atoms with E-state index in [4.69, 9.17) is 14.2 Å². The first-order chi connectivity index (χ1) is 20.3. The number of unbranched alkanes of at least 4 members (excludes halogenated alkanes) is 1. The van der Waals surface area contributed by atoms with Gasteiger partial charge in [-0.2, -0.15) is 0 Å². The van der Waals surface area contributed by atoms with Crippen LogP contribution < -0.4 is 19.5 Å². The maximum absolute atomic E-state index is 13.6. The average molecular weight is 697 g/mol. The van der Waals surface area contributed by atoms with Crippen molar-refractivity contribution in [3.63, 3.8) is 0 Å². The summed E-state index contributed by atoms with van der Waals surface area (Å²) in [5, 5.41) is 33.3. The summed E-state index contributed by atoms with van der Waals surface area (Å²) < 4.78 is 18.0. The van der Waals surface area contributed by atoms with Gasteiger partial charge < -0.3 is 39.7 Å². The summed E-state index contributed by atoms with van der Waals surface area (Å²) in [5.74, 6) is 0.903. The van der Waals surface area contributed by atoms with E-state index in [-0.39, 0.29) is 32.1 Å². The topological polar surface area (TPSA) is 138 Å². The van der Waals surface area contributed by atoms with Crippen molar-refractivity contribution in [1.29, 1.82) is 0 Å². The van der Waals surface area contributed by atoms with Crippen molar-refractivity contribution in [2.45, 2.75) is 63.9 Å². The van der Waals surface area contributed by atoms with E-state index in [9.17, 15) is 24.9 Å². The number of rotatable bonds is 15. The van der Waals surface area contributed by atoms with Gasteiger partial charge in [-0.25, -0.2) is 0 Å². The van der Waals surface area contributed by atoms with Crippen LogP contribution in [0.15, 0.2) is 48.0 Å². The first-order valence-corrected chi connectivity index (χ1v) is 15.2. The molecule has 3 atom stereocenters. The lowest BCUT2D eigenvalue weighted by Crippen LogP contribution is -2.55. The Morgan fingerprint density at radius 1 is 1.12 bits per heavy atom. The molecule has 3 unspecified atom stereocenters. The minimum absolute atomic E-state index is 0.0657. The Bertz CT molecular complexity index is 1240. The molecule has 0 heterocycles. The second kappa shape index (κ2) is 16.7. The van der Waals surface area contributed by atoms with Gasteiger partial charge in [0.2, 0.25) is 11.8 Å². The minimum Gasteiger partial charge on any atom is -0.496 e. The molecule has 0 radical (unpaired) electrons. The van der Waals surface area contributed by atoms with Crippen molar-refractivity contribution in [3.8, 4) is 17.2 Å². The SMILES string of the molecule is CCCCC(=O)N(CCc1ccccc1OC)C1CC(C(=O)NCCO)=CC(Oc2c(I)cc(CO)cc2OC)C1O. The highest BCUT2D eigenvalue weighted by atomic mass is 127. The Morgan fingerprint density at radius 3 is 2.52 bits per heavy atom. The van der Waals surface area contributed by atoms with Crippen LogP contribution >= 0.6 is 22.6 Å². The summed E-state index contributed by atoms with van der Waals surface area (Å²) in [6.45, 7) is 1.97. The standard InChI is InChI=1S/C31H41IN2O8/c1-4-5-10-28(37)34(13-11-21-8-6-7-9-25(21)40-2)24-17-22(31(39)33-12-14-35)18-26(29(24)38)42-30-23(32)15-20(19-36)16-27(30)41-3/h6-9,15-16,18,24,26,29,35-36,38H,4-5,10-14,17,19H2,1-3H3,(H,33,39). The van der Waals surface area contributed by atoms with Crippen LogP contribution in [0.1, 0.15) is 43.7 Å². The zero-order chi connectivity index (χ0) is 30.6. The van der Waals surface area contributed by atoms with Crippen molar-refractivity contribution in [2.75, 3.05) is 33.9 Å². The van der Waals surface area contributed by atoms with Crippen LogP contribution in [0.25, 0.3) is 0 Å². The molecule has 0 saturated carbocycles. The Hall–Kier alpha value is -2.87. The number of hydrogen-bond donors (Lipinski definition) is 4. The number of aliphatic hydroxyl groups is 3. The molecule has 2 amide bonds. The number of ether oxygens (including phenoxy) is 3. The molecule has 10 nitrogen and oxygen atoms in total. The van der Waals surface area contributed by atoms with Crippen LogP contribution in [0.5, 0.6) is 17.2 Å². The van der Waals surface area contributed by atoms with Crippen molar-refractivity contribution in [3.05, 3.63) is 62.7 Å². The van der Waals surface area contributed by atoms with E-state index >= 15 is 0 Å². The Morgan fingerprint density at radius 2 is 1.86 bits per heavy atom. The van der Waals surface area contributed by atoms with E-state index < -0.39 is 24.2 Å². The quantitative estimate of drug-likeness (QED) is 0.209. The lowest BCUT2D eigenvalue weighted by molar-refractivity contribution is -0.138. The summed E-state index contributed by atoms with van der Waals surface area (Å²) in [5.41, 5.74) is 1.90. The number of amides is 2. The van der Waals surface area contributed by atoms with E-state index in [1.807, 2.05) is 31.2 Å². The number of aliphatic hydroxyl groups excluding tert-OH is 3. The van der Waals surface area contributed by atoms with Gasteiger partial charge in [-0.3, -0.25) is 9.59 Å². The molecule has 1 aliphatic rings. The van der Waals surface area contributed by atoms with Gasteiger partial charge in [0.1, 0.15) is 18.0 Å². The van der Waals surface area contributed by atoms with Gasteiger partial charge in [0.15, 0.2) is 11.5 Å². The molecule has 4 N–H and O–H groups in total. The number of benzene rings is 2. The van der Waals surface area contributed by atoms with Gasteiger partial charge >= 0.3 is 0 Å². The Kier molecular flexibility index (Phi) is 13.4. The fraction of sp³-hybridized carbons (Fsp3) is 0.484. The van der Waals surface area contributed by atoms with E-state index in [1.165, 1.54) is 7.11 Å². The number of nitrogens with zero attached hydrogens (tertiary/aromatic N) is 1. The van der Waals surface area contributed by atoms with Crippen LogP contribution in [-0.2, 0) is 22.6 Å². The molecule has 0 aromatic heterocycles. The molecule has 0 spiro atoms. The van der Waals surface area contributed by atoms with Gasteiger partial charge in [0, 0.05) is 31.5 Å². The summed E-state index contributed by atoms with van der Waals surface area (Å²) in [6.07, 6.45) is 1.84. The Balaban J connectivity index is 2.00. The van der Waals surface area contributed by atoms with E-state index in [0.29, 0.717) is 57.8 Å².